The molecule has 2 heteroatoms. The summed E-state index contributed by atoms with van der Waals surface area (Å²) in [4.78, 5) is 4.22. The molecule has 0 atom stereocenters. The van der Waals surface area contributed by atoms with Crippen LogP contribution in [0.5, 0.6) is 0 Å². The summed E-state index contributed by atoms with van der Waals surface area (Å²) in [5, 5.41) is 3.69. The highest BCUT2D eigenvalue weighted by molar-refractivity contribution is 5.16. The Labute approximate surface area is 99.5 Å². The van der Waals surface area contributed by atoms with E-state index in [2.05, 4.69) is 44.1 Å². The van der Waals surface area contributed by atoms with Crippen LogP contribution < -0.4 is 5.32 Å². The Morgan fingerprint density at radius 3 is 2.25 bits per heavy atom. The maximum atomic E-state index is 4.22. The molecule has 0 saturated heterocycles. The van der Waals surface area contributed by atoms with E-state index >= 15 is 0 Å². The Hall–Kier alpha value is -0.890. The van der Waals surface area contributed by atoms with Crippen molar-refractivity contribution in [1.29, 1.82) is 0 Å². The van der Waals surface area contributed by atoms with Crippen LogP contribution in [0.3, 0.4) is 0 Å². The van der Waals surface area contributed by atoms with Crippen molar-refractivity contribution in [3.63, 3.8) is 0 Å². The molecule has 0 bridgehead atoms. The smallest absolute Gasteiger partial charge is 0.0313 e. The molecular formula is C14H24N2. The lowest BCUT2D eigenvalue weighted by Gasteiger charge is -2.32. The zero-order chi connectivity index (χ0) is 12.0. The minimum atomic E-state index is 0.295. The molecule has 1 heterocycles. The zero-order valence-corrected chi connectivity index (χ0v) is 11.0. The number of rotatable bonds is 6. The van der Waals surface area contributed by atoms with Crippen molar-refractivity contribution in [1.82, 2.24) is 10.3 Å². The number of aryl methyl sites for hydroxylation is 1. The molecule has 0 aliphatic carbocycles. The van der Waals surface area contributed by atoms with Gasteiger partial charge in [-0.3, -0.25) is 4.98 Å². The molecule has 1 N–H and O–H groups in total. The summed E-state index contributed by atoms with van der Waals surface area (Å²) in [7, 11) is 0. The third-order valence-electron chi connectivity index (χ3n) is 3.63. The Bertz CT molecular complexity index is 308. The summed E-state index contributed by atoms with van der Waals surface area (Å²) in [5.41, 5.74) is 2.80. The van der Waals surface area contributed by atoms with Crippen LogP contribution >= 0.6 is 0 Å². The highest BCUT2D eigenvalue weighted by Crippen LogP contribution is 2.19. The molecule has 1 aromatic rings. The quantitative estimate of drug-likeness (QED) is 0.794. The molecular weight excluding hydrogens is 196 g/mol. The second-order valence-electron chi connectivity index (χ2n) is 4.57. The lowest BCUT2D eigenvalue weighted by molar-refractivity contribution is 0.288. The zero-order valence-electron chi connectivity index (χ0n) is 11.0. The summed E-state index contributed by atoms with van der Waals surface area (Å²) in [5.74, 6) is 0. The molecule has 1 aromatic heterocycles. The van der Waals surface area contributed by atoms with Gasteiger partial charge in [-0.15, -0.1) is 0 Å². The SMILES string of the molecule is CCC(CC)(CC)NCc1cncc(C)c1. The molecule has 2 nitrogen and oxygen atoms in total. The standard InChI is InChI=1S/C14H24N2/c1-5-14(6-2,7-3)16-11-13-8-12(4)9-15-10-13/h8-10,16H,5-7,11H2,1-4H3. The predicted molar refractivity (Wildman–Crippen MR) is 69.4 cm³/mol. The topological polar surface area (TPSA) is 24.9 Å². The summed E-state index contributed by atoms with van der Waals surface area (Å²) in [6.07, 6.45) is 7.39. The Morgan fingerprint density at radius 1 is 1.12 bits per heavy atom. The first kappa shape index (κ1) is 13.2. The van der Waals surface area contributed by atoms with E-state index in [9.17, 15) is 0 Å². The largest absolute Gasteiger partial charge is 0.307 e. The van der Waals surface area contributed by atoms with Gasteiger partial charge in [0.25, 0.3) is 0 Å². The van der Waals surface area contributed by atoms with Crippen LogP contribution in [-0.4, -0.2) is 10.5 Å². The van der Waals surface area contributed by atoms with Crippen molar-refractivity contribution < 1.29 is 0 Å². The van der Waals surface area contributed by atoms with Gasteiger partial charge in [-0.1, -0.05) is 26.8 Å². The van der Waals surface area contributed by atoms with Gasteiger partial charge in [0, 0.05) is 24.5 Å². The number of hydrogen-bond acceptors (Lipinski definition) is 2. The van der Waals surface area contributed by atoms with Gasteiger partial charge in [-0.2, -0.15) is 0 Å². The molecule has 0 saturated carbocycles. The van der Waals surface area contributed by atoms with Gasteiger partial charge in [0.05, 0.1) is 0 Å². The fourth-order valence-electron chi connectivity index (χ4n) is 2.13. The number of pyridine rings is 1. The first-order chi connectivity index (χ1) is 7.65. The first-order valence-electron chi connectivity index (χ1n) is 6.31. The van der Waals surface area contributed by atoms with Crippen molar-refractivity contribution >= 4 is 0 Å². The molecule has 0 amide bonds. The number of nitrogens with zero attached hydrogens (tertiary/aromatic N) is 1. The van der Waals surface area contributed by atoms with E-state index in [1.54, 1.807) is 0 Å². The molecule has 16 heavy (non-hydrogen) atoms. The fraction of sp³-hybridized carbons (Fsp3) is 0.643. The van der Waals surface area contributed by atoms with Gasteiger partial charge in [0.1, 0.15) is 0 Å². The Morgan fingerprint density at radius 2 is 1.75 bits per heavy atom. The monoisotopic (exact) mass is 220 g/mol. The van der Waals surface area contributed by atoms with Crippen molar-refractivity contribution in [2.45, 2.75) is 59.0 Å². The van der Waals surface area contributed by atoms with Gasteiger partial charge < -0.3 is 5.32 Å². The normalized spacial score (nSPS) is 11.8. The van der Waals surface area contributed by atoms with E-state index in [1.807, 2.05) is 12.4 Å². The van der Waals surface area contributed by atoms with E-state index in [0.29, 0.717) is 5.54 Å². The van der Waals surface area contributed by atoms with E-state index in [-0.39, 0.29) is 0 Å². The van der Waals surface area contributed by atoms with E-state index in [1.165, 1.54) is 30.4 Å². The Balaban J connectivity index is 2.62. The molecule has 0 unspecified atom stereocenters. The molecule has 0 aromatic carbocycles. The van der Waals surface area contributed by atoms with Gasteiger partial charge in [0.15, 0.2) is 0 Å². The molecule has 0 aliphatic rings. The Kier molecular flexibility index (Phi) is 4.94. The highest BCUT2D eigenvalue weighted by Gasteiger charge is 2.22. The summed E-state index contributed by atoms with van der Waals surface area (Å²) < 4.78 is 0. The fourth-order valence-corrected chi connectivity index (χ4v) is 2.13. The van der Waals surface area contributed by atoms with Crippen LogP contribution in [0.25, 0.3) is 0 Å². The van der Waals surface area contributed by atoms with Gasteiger partial charge in [-0.05, 0) is 37.3 Å². The van der Waals surface area contributed by atoms with Gasteiger partial charge in [-0.25, -0.2) is 0 Å². The third kappa shape index (κ3) is 3.31. The molecule has 0 spiro atoms. The number of nitrogens with one attached hydrogen (secondary N) is 1. The van der Waals surface area contributed by atoms with Crippen LogP contribution in [0.2, 0.25) is 0 Å². The van der Waals surface area contributed by atoms with Crippen molar-refractivity contribution in [3.8, 4) is 0 Å². The summed E-state index contributed by atoms with van der Waals surface area (Å²) in [6, 6.07) is 2.20. The van der Waals surface area contributed by atoms with Crippen LogP contribution in [-0.2, 0) is 6.54 Å². The average Bonchev–Trinajstić information content (AvgIpc) is 2.32. The number of hydrogen-bond donors (Lipinski definition) is 1. The minimum absolute atomic E-state index is 0.295. The third-order valence-corrected chi connectivity index (χ3v) is 3.63. The van der Waals surface area contributed by atoms with Crippen molar-refractivity contribution in [2.75, 3.05) is 0 Å². The molecule has 0 fully saturated rings. The second kappa shape index (κ2) is 6.00. The lowest BCUT2D eigenvalue weighted by atomic mass is 9.89. The molecule has 1 rings (SSSR count). The number of aromatic nitrogens is 1. The second-order valence-corrected chi connectivity index (χ2v) is 4.57. The average molecular weight is 220 g/mol. The lowest BCUT2D eigenvalue weighted by Crippen LogP contribution is -2.43. The van der Waals surface area contributed by atoms with Crippen molar-refractivity contribution in [3.05, 3.63) is 29.6 Å². The van der Waals surface area contributed by atoms with E-state index in [0.717, 1.165) is 6.54 Å². The summed E-state index contributed by atoms with van der Waals surface area (Å²) >= 11 is 0. The molecule has 0 radical (unpaired) electrons. The summed E-state index contributed by atoms with van der Waals surface area (Å²) in [6.45, 7) is 9.78. The van der Waals surface area contributed by atoms with E-state index < -0.39 is 0 Å². The minimum Gasteiger partial charge on any atom is -0.307 e. The van der Waals surface area contributed by atoms with Gasteiger partial charge in [0.2, 0.25) is 0 Å². The van der Waals surface area contributed by atoms with Crippen LogP contribution in [0.4, 0.5) is 0 Å². The predicted octanol–water partition coefficient (Wildman–Crippen LogP) is 3.45. The van der Waals surface area contributed by atoms with E-state index in [4.69, 9.17) is 0 Å². The first-order valence-corrected chi connectivity index (χ1v) is 6.31. The van der Waals surface area contributed by atoms with Crippen LogP contribution in [0, 0.1) is 6.92 Å². The maximum absolute atomic E-state index is 4.22. The van der Waals surface area contributed by atoms with Crippen molar-refractivity contribution in [2.24, 2.45) is 0 Å². The van der Waals surface area contributed by atoms with Gasteiger partial charge >= 0.3 is 0 Å². The molecule has 0 aliphatic heterocycles. The van der Waals surface area contributed by atoms with Crippen LogP contribution in [0.1, 0.15) is 51.2 Å². The van der Waals surface area contributed by atoms with Crippen LogP contribution in [0.15, 0.2) is 18.5 Å². The maximum Gasteiger partial charge on any atom is 0.0313 e. The molecule has 90 valence electrons. The highest BCUT2D eigenvalue weighted by atomic mass is 15.0.